The van der Waals surface area contributed by atoms with Crippen LogP contribution >= 0.6 is 22.7 Å². The second-order valence-corrected chi connectivity index (χ2v) is 6.86. The molecule has 0 spiro atoms. The topological polar surface area (TPSA) is 147 Å². The van der Waals surface area contributed by atoms with Crippen LogP contribution in [0.3, 0.4) is 0 Å². The fraction of sp³-hybridized carbons (Fsp3) is 0. The molecule has 0 aliphatic rings. The highest BCUT2D eigenvalue weighted by Crippen LogP contribution is 2.27. The number of nitrogen functional groups attached to an aromatic ring is 3. The number of nitrogens with zero attached hydrogens (tertiary/aromatic N) is 3. The Hall–Kier alpha value is -2.98. The first kappa shape index (κ1) is 15.9. The van der Waals surface area contributed by atoms with Crippen molar-refractivity contribution in [3.05, 3.63) is 46.5 Å². The molecule has 0 bridgehead atoms. The third kappa shape index (κ3) is 3.34. The summed E-state index contributed by atoms with van der Waals surface area (Å²) in [6, 6.07) is 10.1. The van der Waals surface area contributed by atoms with Gasteiger partial charge in [-0.25, -0.2) is 9.97 Å². The van der Waals surface area contributed by atoms with Gasteiger partial charge in [0.2, 0.25) is 0 Å². The Morgan fingerprint density at radius 2 is 1.42 bits per heavy atom. The molecule has 2 heterocycles. The number of aromatic nitrogens is 2. The summed E-state index contributed by atoms with van der Waals surface area (Å²) in [5, 5.41) is 11.4. The van der Waals surface area contributed by atoms with Gasteiger partial charge in [0.1, 0.15) is 0 Å². The number of hydrogen-bond donors (Lipinski definition) is 3. The van der Waals surface area contributed by atoms with Gasteiger partial charge in [-0.05, 0) is 24.3 Å². The van der Waals surface area contributed by atoms with Crippen LogP contribution in [0.25, 0.3) is 20.4 Å². The van der Waals surface area contributed by atoms with Gasteiger partial charge in [0.15, 0.2) is 10.3 Å². The minimum absolute atomic E-state index is 0.0396. The number of anilines is 3. The summed E-state index contributed by atoms with van der Waals surface area (Å²) in [5.41, 5.74) is 18.7. The summed E-state index contributed by atoms with van der Waals surface area (Å²) in [4.78, 5) is 18.0. The summed E-state index contributed by atoms with van der Waals surface area (Å²) < 4.78 is 1.94. The lowest BCUT2D eigenvalue weighted by atomic mass is 10.3. The van der Waals surface area contributed by atoms with Gasteiger partial charge in [0, 0.05) is 17.8 Å². The summed E-state index contributed by atoms with van der Waals surface area (Å²) in [5.74, 6) is 0. The fourth-order valence-electron chi connectivity index (χ4n) is 2.01. The van der Waals surface area contributed by atoms with E-state index in [1.807, 2.05) is 18.2 Å². The first-order valence-corrected chi connectivity index (χ1v) is 8.27. The van der Waals surface area contributed by atoms with Crippen molar-refractivity contribution in [1.29, 1.82) is 0 Å². The van der Waals surface area contributed by atoms with E-state index in [1.165, 1.54) is 34.8 Å². The monoisotopic (exact) mass is 360 g/mol. The van der Waals surface area contributed by atoms with Gasteiger partial charge in [-0.2, -0.15) is 0 Å². The van der Waals surface area contributed by atoms with Crippen LogP contribution in [0.5, 0.6) is 0 Å². The average molecular weight is 360 g/mol. The molecule has 0 fully saturated rings. The summed E-state index contributed by atoms with van der Waals surface area (Å²) in [6.45, 7) is 0. The maximum Gasteiger partial charge on any atom is 0.271 e. The number of fused-ring (bicyclic) bond motifs is 2. The number of hydrogen-bond acceptors (Lipinski definition) is 9. The molecular formula is C14H12N6O2S2. The zero-order valence-electron chi connectivity index (χ0n) is 12.2. The van der Waals surface area contributed by atoms with E-state index < -0.39 is 4.92 Å². The molecule has 0 aliphatic heterocycles. The van der Waals surface area contributed by atoms with Gasteiger partial charge in [-0.1, -0.05) is 22.7 Å². The largest absolute Gasteiger partial charge is 0.399 e. The first-order valence-electron chi connectivity index (χ1n) is 6.64. The number of nitrogens with two attached hydrogens (primary N) is 3. The molecule has 0 atom stereocenters. The molecule has 4 rings (SSSR count). The van der Waals surface area contributed by atoms with Crippen LogP contribution in [0.15, 0.2) is 36.4 Å². The van der Waals surface area contributed by atoms with E-state index in [0.29, 0.717) is 15.8 Å². The molecule has 6 N–H and O–H groups in total. The minimum atomic E-state index is -0.449. The van der Waals surface area contributed by atoms with Crippen molar-refractivity contribution in [2.75, 3.05) is 17.2 Å². The normalized spacial score (nSPS) is 10.5. The lowest BCUT2D eigenvalue weighted by Crippen LogP contribution is -1.86. The second kappa shape index (κ2) is 6.26. The van der Waals surface area contributed by atoms with Gasteiger partial charge in [-0.3, -0.25) is 10.1 Å². The molecule has 0 unspecified atom stereocenters. The third-order valence-electron chi connectivity index (χ3n) is 3.03. The maximum atomic E-state index is 10.4. The molecule has 24 heavy (non-hydrogen) atoms. The predicted molar refractivity (Wildman–Crippen MR) is 99.1 cm³/mol. The highest BCUT2D eigenvalue weighted by atomic mass is 32.1. The second-order valence-electron chi connectivity index (χ2n) is 4.74. The van der Waals surface area contributed by atoms with Gasteiger partial charge in [0.05, 0.1) is 25.4 Å². The fourth-order valence-corrected chi connectivity index (χ4v) is 3.44. The highest BCUT2D eigenvalue weighted by molar-refractivity contribution is 7.22. The van der Waals surface area contributed by atoms with Crippen molar-refractivity contribution in [2.45, 2.75) is 0 Å². The van der Waals surface area contributed by atoms with Crippen LogP contribution in [0.2, 0.25) is 0 Å². The van der Waals surface area contributed by atoms with Gasteiger partial charge in [-0.15, -0.1) is 0 Å². The molecule has 2 aromatic heterocycles. The van der Waals surface area contributed by atoms with E-state index in [9.17, 15) is 10.1 Å². The van der Waals surface area contributed by atoms with Crippen molar-refractivity contribution in [1.82, 2.24) is 9.97 Å². The van der Waals surface area contributed by atoms with Crippen LogP contribution in [-0.2, 0) is 0 Å². The average Bonchev–Trinajstić information content (AvgIpc) is 3.06. The molecular weight excluding hydrogens is 348 g/mol. The van der Waals surface area contributed by atoms with Crippen LogP contribution in [-0.4, -0.2) is 14.9 Å². The quantitative estimate of drug-likeness (QED) is 0.268. The van der Waals surface area contributed by atoms with E-state index in [2.05, 4.69) is 9.97 Å². The van der Waals surface area contributed by atoms with Crippen LogP contribution in [0, 0.1) is 10.1 Å². The van der Waals surface area contributed by atoms with E-state index >= 15 is 0 Å². The number of thiazole rings is 2. The van der Waals surface area contributed by atoms with E-state index in [1.54, 1.807) is 6.07 Å². The Morgan fingerprint density at radius 3 is 2.00 bits per heavy atom. The number of rotatable bonds is 1. The summed E-state index contributed by atoms with van der Waals surface area (Å²) in [6.07, 6.45) is 0. The van der Waals surface area contributed by atoms with E-state index in [-0.39, 0.29) is 5.69 Å². The van der Waals surface area contributed by atoms with E-state index in [4.69, 9.17) is 17.2 Å². The Labute approximate surface area is 143 Å². The Balaban J connectivity index is 0.000000143. The third-order valence-corrected chi connectivity index (χ3v) is 4.76. The molecule has 0 amide bonds. The predicted octanol–water partition coefficient (Wildman–Crippen LogP) is 3.25. The maximum absolute atomic E-state index is 10.4. The van der Waals surface area contributed by atoms with Crippen molar-refractivity contribution in [3.63, 3.8) is 0 Å². The first-order chi connectivity index (χ1) is 11.4. The molecule has 0 saturated heterocycles. The molecule has 0 saturated carbocycles. The number of nitro benzene ring substituents is 1. The van der Waals surface area contributed by atoms with Crippen LogP contribution in [0.4, 0.5) is 21.6 Å². The lowest BCUT2D eigenvalue weighted by molar-refractivity contribution is -0.384. The van der Waals surface area contributed by atoms with Crippen molar-refractivity contribution in [3.8, 4) is 0 Å². The van der Waals surface area contributed by atoms with Gasteiger partial charge >= 0.3 is 0 Å². The van der Waals surface area contributed by atoms with Crippen molar-refractivity contribution >= 4 is 64.7 Å². The Morgan fingerprint density at radius 1 is 0.875 bits per heavy atom. The molecule has 0 radical (unpaired) electrons. The zero-order valence-corrected chi connectivity index (χ0v) is 13.8. The summed E-state index contributed by atoms with van der Waals surface area (Å²) in [7, 11) is 0. The number of benzene rings is 2. The zero-order chi connectivity index (χ0) is 17.3. The standard InChI is InChI=1S/C7H5N3O2S.C7H7N3S/c8-7-9-5-3-4(10(11)12)1-2-6(5)13-7;8-4-1-2-6-5(3-4)10-7(9)11-6/h1-3H,(H2,8,9);1-3H,8H2,(H2,9,10). The van der Waals surface area contributed by atoms with Crippen molar-refractivity contribution < 1.29 is 4.92 Å². The number of nitro groups is 1. The van der Waals surface area contributed by atoms with Crippen molar-refractivity contribution in [2.24, 2.45) is 0 Å². The SMILES string of the molecule is Nc1ccc2sc(N)nc2c1.Nc1nc2cc([N+](=O)[O-])ccc2s1. The molecule has 10 heteroatoms. The van der Waals surface area contributed by atoms with Crippen LogP contribution < -0.4 is 17.2 Å². The molecule has 0 aliphatic carbocycles. The van der Waals surface area contributed by atoms with E-state index in [0.717, 1.165) is 20.6 Å². The molecule has 122 valence electrons. The van der Waals surface area contributed by atoms with Gasteiger partial charge in [0.25, 0.3) is 5.69 Å². The molecule has 2 aromatic carbocycles. The molecule has 8 nitrogen and oxygen atoms in total. The van der Waals surface area contributed by atoms with Crippen LogP contribution in [0.1, 0.15) is 0 Å². The minimum Gasteiger partial charge on any atom is -0.399 e. The lowest BCUT2D eigenvalue weighted by Gasteiger charge is -1.88. The summed E-state index contributed by atoms with van der Waals surface area (Å²) >= 11 is 2.79. The smallest absolute Gasteiger partial charge is 0.271 e. The Bertz CT molecular complexity index is 1040. The highest BCUT2D eigenvalue weighted by Gasteiger charge is 2.08. The molecule has 4 aromatic rings. The van der Waals surface area contributed by atoms with Gasteiger partial charge < -0.3 is 17.2 Å². The Kier molecular flexibility index (Phi) is 4.15. The number of non-ortho nitro benzene ring substituents is 1.